The highest BCUT2D eigenvalue weighted by atomic mass is 16.5. The molecule has 116 valence electrons. The van der Waals surface area contributed by atoms with Crippen LogP contribution in [0.15, 0.2) is 60.7 Å². The molecule has 0 aliphatic carbocycles. The third kappa shape index (κ3) is 5.03. The average molecular weight is 296 g/mol. The third-order valence-electron chi connectivity index (χ3n) is 3.49. The molecule has 0 aliphatic heterocycles. The van der Waals surface area contributed by atoms with Gasteiger partial charge in [-0.2, -0.15) is 0 Å². The number of rotatable bonds is 5. The molecule has 0 aliphatic rings. The van der Waals surface area contributed by atoms with Crippen molar-refractivity contribution in [1.82, 2.24) is 0 Å². The van der Waals surface area contributed by atoms with E-state index in [1.807, 2.05) is 57.2 Å². The molecule has 22 heavy (non-hydrogen) atoms. The summed E-state index contributed by atoms with van der Waals surface area (Å²) >= 11 is 0. The summed E-state index contributed by atoms with van der Waals surface area (Å²) in [7, 11) is 0. The van der Waals surface area contributed by atoms with Crippen LogP contribution in [0.25, 0.3) is 0 Å². The first-order valence-electron chi connectivity index (χ1n) is 7.71. The maximum atomic E-state index is 12.0. The minimum atomic E-state index is -0.135. The van der Waals surface area contributed by atoms with Crippen molar-refractivity contribution in [3.63, 3.8) is 0 Å². The van der Waals surface area contributed by atoms with Gasteiger partial charge in [0.2, 0.25) is 0 Å². The molecule has 0 amide bonds. The van der Waals surface area contributed by atoms with E-state index in [-0.39, 0.29) is 17.3 Å². The smallest absolute Gasteiger partial charge is 0.306 e. The number of benzene rings is 2. The summed E-state index contributed by atoms with van der Waals surface area (Å²) < 4.78 is 5.55. The standard InChI is InChI=1S/C20H24O2/c1-20(2,3)14-19(21)22-15-18(16-10-6-4-7-11-16)17-12-8-5-9-13-17/h4-13,18H,14-15H2,1-3H3. The van der Waals surface area contributed by atoms with Crippen molar-refractivity contribution in [1.29, 1.82) is 0 Å². The first-order chi connectivity index (χ1) is 10.5. The monoisotopic (exact) mass is 296 g/mol. The van der Waals surface area contributed by atoms with Crippen molar-refractivity contribution in [2.24, 2.45) is 5.41 Å². The van der Waals surface area contributed by atoms with E-state index >= 15 is 0 Å². The summed E-state index contributed by atoms with van der Waals surface area (Å²) in [5, 5.41) is 0. The molecule has 0 atom stereocenters. The zero-order chi connectivity index (χ0) is 16.0. The molecule has 0 fully saturated rings. The maximum absolute atomic E-state index is 12.0. The third-order valence-corrected chi connectivity index (χ3v) is 3.49. The van der Waals surface area contributed by atoms with E-state index in [4.69, 9.17) is 4.74 Å². The second-order valence-electron chi connectivity index (χ2n) is 6.79. The predicted octanol–water partition coefficient (Wildman–Crippen LogP) is 4.80. The summed E-state index contributed by atoms with van der Waals surface area (Å²) in [4.78, 5) is 12.0. The molecule has 0 heterocycles. The number of carbonyl (C=O) groups is 1. The van der Waals surface area contributed by atoms with Gasteiger partial charge < -0.3 is 4.74 Å². The van der Waals surface area contributed by atoms with Crippen LogP contribution in [0.5, 0.6) is 0 Å². The first kappa shape index (κ1) is 16.3. The van der Waals surface area contributed by atoms with Crippen molar-refractivity contribution in [3.8, 4) is 0 Å². The van der Waals surface area contributed by atoms with Gasteiger partial charge in [0.25, 0.3) is 0 Å². The predicted molar refractivity (Wildman–Crippen MR) is 89.8 cm³/mol. The van der Waals surface area contributed by atoms with Crippen LogP contribution in [-0.2, 0) is 9.53 Å². The Bertz CT molecular complexity index is 543. The molecule has 0 spiro atoms. The zero-order valence-electron chi connectivity index (χ0n) is 13.6. The van der Waals surface area contributed by atoms with Crippen LogP contribution >= 0.6 is 0 Å². The Kier molecular flexibility index (Phi) is 5.37. The second-order valence-corrected chi connectivity index (χ2v) is 6.79. The van der Waals surface area contributed by atoms with Gasteiger partial charge in [0.05, 0.1) is 6.42 Å². The maximum Gasteiger partial charge on any atom is 0.306 e. The molecule has 0 aromatic heterocycles. The summed E-state index contributed by atoms with van der Waals surface area (Å²) in [6, 6.07) is 20.4. The summed E-state index contributed by atoms with van der Waals surface area (Å²) in [6.07, 6.45) is 0.434. The highest BCUT2D eigenvalue weighted by Crippen LogP contribution is 2.26. The van der Waals surface area contributed by atoms with Crippen LogP contribution in [0, 0.1) is 5.41 Å². The van der Waals surface area contributed by atoms with Crippen molar-refractivity contribution in [2.45, 2.75) is 33.1 Å². The van der Waals surface area contributed by atoms with E-state index in [1.165, 1.54) is 0 Å². The quantitative estimate of drug-likeness (QED) is 0.741. The molecule has 2 rings (SSSR count). The molecule has 2 aromatic rings. The first-order valence-corrected chi connectivity index (χ1v) is 7.71. The lowest BCUT2D eigenvalue weighted by molar-refractivity contribution is -0.146. The van der Waals surface area contributed by atoms with Gasteiger partial charge in [0.1, 0.15) is 6.61 Å². The molecule has 0 unspecified atom stereocenters. The molecule has 0 bridgehead atoms. The van der Waals surface area contributed by atoms with E-state index in [2.05, 4.69) is 24.3 Å². The topological polar surface area (TPSA) is 26.3 Å². The SMILES string of the molecule is CC(C)(C)CC(=O)OCC(c1ccccc1)c1ccccc1. The van der Waals surface area contributed by atoms with Gasteiger partial charge in [-0.1, -0.05) is 81.4 Å². The molecule has 2 heteroatoms. The molecule has 0 radical (unpaired) electrons. The number of esters is 1. The molecule has 0 N–H and O–H groups in total. The number of hydrogen-bond donors (Lipinski definition) is 0. The van der Waals surface area contributed by atoms with Gasteiger partial charge in [-0.3, -0.25) is 4.79 Å². The van der Waals surface area contributed by atoms with Crippen LogP contribution in [0.3, 0.4) is 0 Å². The Labute approximate surface area is 133 Å². The van der Waals surface area contributed by atoms with Crippen LogP contribution < -0.4 is 0 Å². The largest absolute Gasteiger partial charge is 0.465 e. The molecule has 2 aromatic carbocycles. The Morgan fingerprint density at radius 3 is 1.77 bits per heavy atom. The van der Waals surface area contributed by atoms with Gasteiger partial charge >= 0.3 is 5.97 Å². The van der Waals surface area contributed by atoms with Crippen LogP contribution in [0.1, 0.15) is 44.2 Å². The second kappa shape index (κ2) is 7.26. The van der Waals surface area contributed by atoms with Gasteiger partial charge in [0.15, 0.2) is 0 Å². The van der Waals surface area contributed by atoms with E-state index in [0.717, 1.165) is 11.1 Å². The average Bonchev–Trinajstić information content (AvgIpc) is 2.48. The van der Waals surface area contributed by atoms with Crippen molar-refractivity contribution in [2.75, 3.05) is 6.61 Å². The number of carbonyl (C=O) groups excluding carboxylic acids is 1. The van der Waals surface area contributed by atoms with Crippen molar-refractivity contribution >= 4 is 5.97 Å². The summed E-state index contributed by atoms with van der Waals surface area (Å²) in [5.74, 6) is -0.0596. The minimum absolute atomic E-state index is 0.0495. The van der Waals surface area contributed by atoms with E-state index < -0.39 is 0 Å². The molecular weight excluding hydrogens is 272 g/mol. The summed E-state index contributed by atoms with van der Waals surface area (Å²) in [5.41, 5.74) is 2.28. The Morgan fingerprint density at radius 2 is 1.36 bits per heavy atom. The van der Waals surface area contributed by atoms with E-state index in [1.54, 1.807) is 0 Å². The van der Waals surface area contributed by atoms with E-state index in [9.17, 15) is 4.79 Å². The number of hydrogen-bond acceptors (Lipinski definition) is 2. The number of ether oxygens (including phenoxy) is 1. The lowest BCUT2D eigenvalue weighted by Gasteiger charge is -2.20. The minimum Gasteiger partial charge on any atom is -0.465 e. The highest BCUT2D eigenvalue weighted by Gasteiger charge is 2.20. The van der Waals surface area contributed by atoms with E-state index in [0.29, 0.717) is 13.0 Å². The molecule has 0 saturated carbocycles. The molecule has 0 saturated heterocycles. The van der Waals surface area contributed by atoms with Gasteiger partial charge in [0, 0.05) is 5.92 Å². The van der Waals surface area contributed by atoms with Crippen LogP contribution in [-0.4, -0.2) is 12.6 Å². The fraction of sp³-hybridized carbons (Fsp3) is 0.350. The van der Waals surface area contributed by atoms with Crippen molar-refractivity contribution < 1.29 is 9.53 Å². The summed E-state index contributed by atoms with van der Waals surface area (Å²) in [6.45, 7) is 6.50. The Hall–Kier alpha value is -2.09. The van der Waals surface area contributed by atoms with Crippen molar-refractivity contribution in [3.05, 3.63) is 71.8 Å². The van der Waals surface area contributed by atoms with Crippen LogP contribution in [0.4, 0.5) is 0 Å². The fourth-order valence-electron chi connectivity index (χ4n) is 2.42. The fourth-order valence-corrected chi connectivity index (χ4v) is 2.42. The van der Waals surface area contributed by atoms with Gasteiger partial charge in [-0.15, -0.1) is 0 Å². The van der Waals surface area contributed by atoms with Gasteiger partial charge in [-0.25, -0.2) is 0 Å². The Balaban J connectivity index is 2.11. The zero-order valence-corrected chi connectivity index (χ0v) is 13.6. The highest BCUT2D eigenvalue weighted by molar-refractivity contribution is 5.70. The van der Waals surface area contributed by atoms with Gasteiger partial charge in [-0.05, 0) is 16.5 Å². The normalized spacial score (nSPS) is 11.5. The Morgan fingerprint density at radius 1 is 0.909 bits per heavy atom. The van der Waals surface area contributed by atoms with Crippen LogP contribution in [0.2, 0.25) is 0 Å². The molecular formula is C20H24O2. The lowest BCUT2D eigenvalue weighted by Crippen LogP contribution is -2.19. The molecule has 2 nitrogen and oxygen atoms in total. The lowest BCUT2D eigenvalue weighted by atomic mass is 9.91.